The molecule has 2 aromatic heterocycles. The predicted molar refractivity (Wildman–Crippen MR) is 144 cm³/mol. The zero-order chi connectivity index (χ0) is 30.1. The fourth-order valence-electron chi connectivity index (χ4n) is 4.98. The van der Waals surface area contributed by atoms with E-state index >= 15 is 4.39 Å². The number of hydrogen-bond donors (Lipinski definition) is 1. The van der Waals surface area contributed by atoms with Crippen LogP contribution in [0.2, 0.25) is 0 Å². The van der Waals surface area contributed by atoms with Gasteiger partial charge in [0, 0.05) is 53.3 Å². The highest BCUT2D eigenvalue weighted by atomic mass is 19.4. The van der Waals surface area contributed by atoms with Gasteiger partial charge in [-0.3, -0.25) is 9.78 Å². The SMILES string of the molecule is Cc1ccc(-c2cnc(Oc3cc(C(=O)O)c(N(C(=O)C4CCC(C)CC4)C(C)C)cc3F)c(C(F)(F)F)c2)cn1. The van der Waals surface area contributed by atoms with E-state index in [9.17, 15) is 27.9 Å². The largest absolute Gasteiger partial charge is 0.478 e. The molecule has 1 fully saturated rings. The summed E-state index contributed by atoms with van der Waals surface area (Å²) in [4.78, 5) is 34.8. The smallest absolute Gasteiger partial charge is 0.421 e. The van der Waals surface area contributed by atoms with Crippen LogP contribution in [-0.2, 0) is 11.0 Å². The Kier molecular flexibility index (Phi) is 8.65. The molecular weight excluding hydrogens is 542 g/mol. The molecule has 0 aliphatic heterocycles. The second-order valence-corrected chi connectivity index (χ2v) is 10.7. The molecule has 1 saturated carbocycles. The lowest BCUT2D eigenvalue weighted by molar-refractivity contribution is -0.138. The number of carboxylic acids is 1. The Bertz CT molecular complexity index is 1430. The molecule has 1 N–H and O–H groups in total. The normalized spacial score (nSPS) is 17.4. The van der Waals surface area contributed by atoms with Crippen LogP contribution in [0, 0.1) is 24.6 Å². The van der Waals surface area contributed by atoms with E-state index in [4.69, 9.17) is 4.74 Å². The number of nitrogens with zero attached hydrogens (tertiary/aromatic N) is 3. The van der Waals surface area contributed by atoms with Gasteiger partial charge in [0.05, 0.1) is 11.3 Å². The average Bonchev–Trinajstić information content (AvgIpc) is 2.90. The lowest BCUT2D eigenvalue weighted by atomic mass is 9.82. The van der Waals surface area contributed by atoms with Crippen LogP contribution in [0.4, 0.5) is 23.2 Å². The maximum atomic E-state index is 15.4. The van der Waals surface area contributed by atoms with Gasteiger partial charge < -0.3 is 14.7 Å². The highest BCUT2D eigenvalue weighted by molar-refractivity contribution is 6.03. The number of carbonyl (C=O) groups is 2. The number of pyridine rings is 2. The summed E-state index contributed by atoms with van der Waals surface area (Å²) in [6, 6.07) is 5.14. The number of aromatic carboxylic acids is 1. The van der Waals surface area contributed by atoms with Crippen LogP contribution in [0.15, 0.2) is 42.7 Å². The van der Waals surface area contributed by atoms with Gasteiger partial charge in [0.2, 0.25) is 11.8 Å². The van der Waals surface area contributed by atoms with E-state index in [1.807, 2.05) is 0 Å². The molecule has 1 aliphatic carbocycles. The monoisotopic (exact) mass is 573 g/mol. The first-order chi connectivity index (χ1) is 19.3. The maximum absolute atomic E-state index is 15.4. The van der Waals surface area contributed by atoms with Crippen LogP contribution in [0.1, 0.15) is 68.1 Å². The molecule has 218 valence electrons. The standard InChI is InChI=1S/C30H31F4N3O4/c1-16(2)37(28(38)19-8-5-17(3)6-9-19)25-13-24(31)26(12-22(25)29(39)40)41-27-23(30(32,33)34)11-21(15-36-27)20-10-7-18(4)35-14-20/h7,10-17,19H,5-6,8-9H2,1-4H3,(H,39,40). The molecule has 4 rings (SSSR count). The fraction of sp³-hybridized carbons (Fsp3) is 0.400. The van der Waals surface area contributed by atoms with E-state index in [1.54, 1.807) is 32.9 Å². The summed E-state index contributed by atoms with van der Waals surface area (Å²) >= 11 is 0. The van der Waals surface area contributed by atoms with Gasteiger partial charge in [0.1, 0.15) is 5.56 Å². The van der Waals surface area contributed by atoms with E-state index in [2.05, 4.69) is 16.9 Å². The minimum atomic E-state index is -4.92. The van der Waals surface area contributed by atoms with Crippen LogP contribution < -0.4 is 9.64 Å². The molecule has 3 aromatic rings. The number of halogens is 4. The summed E-state index contributed by atoms with van der Waals surface area (Å²) in [5, 5.41) is 9.95. The van der Waals surface area contributed by atoms with Gasteiger partial charge in [-0.25, -0.2) is 14.2 Å². The van der Waals surface area contributed by atoms with Crippen LogP contribution in [0.25, 0.3) is 11.1 Å². The third-order valence-corrected chi connectivity index (χ3v) is 7.27. The highest BCUT2D eigenvalue weighted by Crippen LogP contribution is 2.41. The molecule has 0 atom stereocenters. The molecule has 0 radical (unpaired) electrons. The average molecular weight is 574 g/mol. The van der Waals surface area contributed by atoms with Crippen LogP contribution in [0.3, 0.4) is 0 Å². The zero-order valence-electron chi connectivity index (χ0n) is 23.1. The van der Waals surface area contributed by atoms with Crippen LogP contribution >= 0.6 is 0 Å². The van der Waals surface area contributed by atoms with Gasteiger partial charge in [-0.2, -0.15) is 13.2 Å². The van der Waals surface area contributed by atoms with Gasteiger partial charge in [-0.1, -0.05) is 13.0 Å². The Labute approximate surface area is 235 Å². The fourth-order valence-corrected chi connectivity index (χ4v) is 4.98. The maximum Gasteiger partial charge on any atom is 0.421 e. The topological polar surface area (TPSA) is 92.6 Å². The van der Waals surface area contributed by atoms with E-state index < -0.39 is 46.8 Å². The number of alkyl halides is 3. The number of benzene rings is 1. The number of aryl methyl sites for hydroxylation is 1. The Balaban J connectivity index is 1.73. The Morgan fingerprint density at radius 1 is 1.02 bits per heavy atom. The molecule has 1 amide bonds. The van der Waals surface area contributed by atoms with Crippen molar-refractivity contribution in [2.75, 3.05) is 4.90 Å². The van der Waals surface area contributed by atoms with Crippen molar-refractivity contribution < 1.29 is 37.0 Å². The first-order valence-electron chi connectivity index (χ1n) is 13.3. The molecule has 2 heterocycles. The van der Waals surface area contributed by atoms with Crippen LogP contribution in [-0.4, -0.2) is 33.0 Å². The first-order valence-corrected chi connectivity index (χ1v) is 13.3. The summed E-state index contributed by atoms with van der Waals surface area (Å²) in [6.07, 6.45) is 0.588. The van der Waals surface area contributed by atoms with Crippen LogP contribution in [0.5, 0.6) is 11.6 Å². The van der Waals surface area contributed by atoms with Gasteiger partial charge in [0.25, 0.3) is 0 Å². The second-order valence-electron chi connectivity index (χ2n) is 10.7. The molecule has 7 nitrogen and oxygen atoms in total. The van der Waals surface area contributed by atoms with Crippen molar-refractivity contribution in [1.82, 2.24) is 9.97 Å². The Morgan fingerprint density at radius 3 is 2.24 bits per heavy atom. The van der Waals surface area contributed by atoms with Crippen molar-refractivity contribution in [3.63, 3.8) is 0 Å². The van der Waals surface area contributed by atoms with Crippen molar-refractivity contribution in [1.29, 1.82) is 0 Å². The third kappa shape index (κ3) is 6.66. The molecule has 1 aliphatic rings. The molecule has 0 saturated heterocycles. The summed E-state index contributed by atoms with van der Waals surface area (Å²) < 4.78 is 62.7. The lowest BCUT2D eigenvalue weighted by Gasteiger charge is -2.34. The molecule has 0 unspecified atom stereocenters. The highest BCUT2D eigenvalue weighted by Gasteiger charge is 2.37. The third-order valence-electron chi connectivity index (χ3n) is 7.27. The number of carbonyl (C=O) groups excluding carboxylic acids is 1. The number of hydrogen-bond acceptors (Lipinski definition) is 5. The Morgan fingerprint density at radius 2 is 1.68 bits per heavy atom. The van der Waals surface area contributed by atoms with Crippen molar-refractivity contribution in [3.05, 3.63) is 65.4 Å². The van der Waals surface area contributed by atoms with Gasteiger partial charge in [0.15, 0.2) is 11.6 Å². The minimum absolute atomic E-state index is 0.113. The Hall–Kier alpha value is -4.02. The van der Waals surface area contributed by atoms with E-state index in [1.165, 1.54) is 11.1 Å². The summed E-state index contributed by atoms with van der Waals surface area (Å²) in [6.45, 7) is 7.20. The van der Waals surface area contributed by atoms with Crippen molar-refractivity contribution in [2.24, 2.45) is 11.8 Å². The molecule has 1 aromatic carbocycles. The molecule has 11 heteroatoms. The van der Waals surface area contributed by atoms with E-state index in [-0.39, 0.29) is 23.1 Å². The zero-order valence-corrected chi connectivity index (χ0v) is 23.1. The predicted octanol–water partition coefficient (Wildman–Crippen LogP) is 7.67. The number of carboxylic acid groups (broad SMARTS) is 1. The van der Waals surface area contributed by atoms with Crippen molar-refractivity contribution in [2.45, 2.75) is 65.6 Å². The second kappa shape index (κ2) is 11.8. The molecular formula is C30H31F4N3O4. The van der Waals surface area contributed by atoms with Crippen molar-refractivity contribution >= 4 is 17.6 Å². The first kappa shape index (κ1) is 30.0. The molecule has 0 bridgehead atoms. The molecule has 41 heavy (non-hydrogen) atoms. The van der Waals surface area contributed by atoms with Crippen molar-refractivity contribution in [3.8, 4) is 22.8 Å². The minimum Gasteiger partial charge on any atom is -0.478 e. The van der Waals surface area contributed by atoms with E-state index in [0.717, 1.165) is 37.2 Å². The summed E-state index contributed by atoms with van der Waals surface area (Å²) in [5.41, 5.74) is -0.772. The number of amides is 1. The number of aromatic nitrogens is 2. The number of anilines is 1. The summed E-state index contributed by atoms with van der Waals surface area (Å²) in [5.74, 6) is -4.52. The van der Waals surface area contributed by atoms with Gasteiger partial charge in [-0.15, -0.1) is 0 Å². The van der Waals surface area contributed by atoms with Gasteiger partial charge >= 0.3 is 12.1 Å². The molecule has 0 spiro atoms. The van der Waals surface area contributed by atoms with Gasteiger partial charge in [-0.05, 0) is 64.5 Å². The quantitative estimate of drug-likeness (QED) is 0.292. The van der Waals surface area contributed by atoms with E-state index in [0.29, 0.717) is 30.0 Å². The summed E-state index contributed by atoms with van der Waals surface area (Å²) in [7, 11) is 0. The lowest BCUT2D eigenvalue weighted by Crippen LogP contribution is -2.43. The number of ether oxygens (including phenoxy) is 1. The number of rotatable bonds is 7.